The maximum atomic E-state index is 11.9. The van der Waals surface area contributed by atoms with E-state index < -0.39 is 6.04 Å². The molecule has 0 aromatic carbocycles. The van der Waals surface area contributed by atoms with Gasteiger partial charge >= 0.3 is 0 Å². The molecular formula is C14H28ClN3O2S. The summed E-state index contributed by atoms with van der Waals surface area (Å²) in [6, 6.07) is -0.319. The maximum Gasteiger partial charge on any atom is 0.239 e. The van der Waals surface area contributed by atoms with E-state index in [1.165, 1.54) is 0 Å². The number of rotatable bonds is 7. The quantitative estimate of drug-likeness (QED) is 0.653. The van der Waals surface area contributed by atoms with Crippen LogP contribution in [0.15, 0.2) is 0 Å². The van der Waals surface area contributed by atoms with Crippen LogP contribution in [0.5, 0.6) is 0 Å². The summed E-state index contributed by atoms with van der Waals surface area (Å²) < 4.78 is 0. The number of thioether (sulfide) groups is 1. The van der Waals surface area contributed by atoms with Gasteiger partial charge in [0.05, 0.1) is 12.6 Å². The van der Waals surface area contributed by atoms with Crippen molar-refractivity contribution in [2.24, 2.45) is 11.7 Å². The molecule has 3 atom stereocenters. The number of nitrogens with one attached hydrogen (secondary N) is 2. The molecule has 1 saturated carbocycles. The number of carbonyl (C=O) groups is 2. The molecule has 0 aromatic rings. The predicted octanol–water partition coefficient (Wildman–Crippen LogP) is 1.30. The van der Waals surface area contributed by atoms with Gasteiger partial charge in [-0.3, -0.25) is 9.59 Å². The number of hydrogen-bond acceptors (Lipinski definition) is 4. The molecule has 2 amide bonds. The zero-order chi connectivity index (χ0) is 15.1. The average molecular weight is 338 g/mol. The third kappa shape index (κ3) is 6.89. The highest BCUT2D eigenvalue weighted by Gasteiger charge is 2.28. The molecular weight excluding hydrogens is 310 g/mol. The van der Waals surface area contributed by atoms with E-state index in [9.17, 15) is 9.59 Å². The highest BCUT2D eigenvalue weighted by atomic mass is 35.5. The lowest BCUT2D eigenvalue weighted by Gasteiger charge is -2.21. The zero-order valence-corrected chi connectivity index (χ0v) is 14.7. The molecule has 0 saturated heterocycles. The normalized spacial score (nSPS) is 22.5. The SMILES string of the molecule is CCSC1CCCC1NC(=O)CNC(=O)[C@@H](N)C(C)C.Cl. The number of halogens is 1. The summed E-state index contributed by atoms with van der Waals surface area (Å²) in [6.45, 7) is 5.92. The molecule has 21 heavy (non-hydrogen) atoms. The van der Waals surface area contributed by atoms with Crippen LogP contribution in [-0.4, -0.2) is 41.4 Å². The minimum Gasteiger partial charge on any atom is -0.351 e. The van der Waals surface area contributed by atoms with E-state index in [0.717, 1.165) is 25.0 Å². The summed E-state index contributed by atoms with van der Waals surface area (Å²) in [7, 11) is 0. The molecule has 0 radical (unpaired) electrons. The highest BCUT2D eigenvalue weighted by molar-refractivity contribution is 7.99. The molecule has 4 N–H and O–H groups in total. The molecule has 5 nitrogen and oxygen atoms in total. The fourth-order valence-electron chi connectivity index (χ4n) is 2.35. The van der Waals surface area contributed by atoms with Gasteiger partial charge in [0.1, 0.15) is 0 Å². The molecule has 7 heteroatoms. The molecule has 1 fully saturated rings. The second-order valence-electron chi connectivity index (χ2n) is 5.59. The van der Waals surface area contributed by atoms with Crippen LogP contribution in [0.2, 0.25) is 0 Å². The van der Waals surface area contributed by atoms with Gasteiger partial charge in [-0.1, -0.05) is 27.2 Å². The van der Waals surface area contributed by atoms with E-state index in [0.29, 0.717) is 5.25 Å². The van der Waals surface area contributed by atoms with Crippen molar-refractivity contribution in [1.82, 2.24) is 10.6 Å². The first-order valence-corrected chi connectivity index (χ1v) is 8.44. The first kappa shape index (κ1) is 20.5. The molecule has 0 bridgehead atoms. The topological polar surface area (TPSA) is 84.2 Å². The van der Waals surface area contributed by atoms with E-state index in [1.807, 2.05) is 25.6 Å². The molecule has 0 heterocycles. The van der Waals surface area contributed by atoms with Crippen molar-refractivity contribution in [3.63, 3.8) is 0 Å². The van der Waals surface area contributed by atoms with Crippen LogP contribution in [0.3, 0.4) is 0 Å². The minimum absolute atomic E-state index is 0. The summed E-state index contributed by atoms with van der Waals surface area (Å²) in [5.74, 6) is 0.749. The van der Waals surface area contributed by atoms with Crippen LogP contribution in [-0.2, 0) is 9.59 Å². The Hall–Kier alpha value is -0.460. The second kappa shape index (κ2) is 10.3. The van der Waals surface area contributed by atoms with Crippen molar-refractivity contribution in [3.8, 4) is 0 Å². The van der Waals surface area contributed by atoms with Gasteiger partial charge in [0, 0.05) is 11.3 Å². The summed E-state index contributed by atoms with van der Waals surface area (Å²) in [5.41, 5.74) is 5.72. The lowest BCUT2D eigenvalue weighted by Crippen LogP contribution is -2.49. The first-order chi connectivity index (χ1) is 9.45. The van der Waals surface area contributed by atoms with Crippen LogP contribution < -0.4 is 16.4 Å². The van der Waals surface area contributed by atoms with Crippen LogP contribution >= 0.6 is 24.2 Å². The van der Waals surface area contributed by atoms with Crippen molar-refractivity contribution >= 4 is 36.0 Å². The van der Waals surface area contributed by atoms with Gasteiger partial charge in [0.25, 0.3) is 0 Å². The van der Waals surface area contributed by atoms with Gasteiger partial charge in [0.15, 0.2) is 0 Å². The fraction of sp³-hybridized carbons (Fsp3) is 0.857. The molecule has 1 aliphatic rings. The molecule has 0 aliphatic heterocycles. The van der Waals surface area contributed by atoms with E-state index in [4.69, 9.17) is 5.73 Å². The van der Waals surface area contributed by atoms with Gasteiger partial charge in [-0.2, -0.15) is 11.8 Å². The van der Waals surface area contributed by atoms with Gasteiger partial charge in [0.2, 0.25) is 11.8 Å². The summed E-state index contributed by atoms with van der Waals surface area (Å²) in [5, 5.41) is 6.14. The molecule has 0 aromatic heterocycles. The van der Waals surface area contributed by atoms with E-state index >= 15 is 0 Å². The van der Waals surface area contributed by atoms with E-state index in [-0.39, 0.29) is 42.7 Å². The maximum absolute atomic E-state index is 11.9. The monoisotopic (exact) mass is 337 g/mol. The Kier molecular flexibility index (Phi) is 10.1. The predicted molar refractivity (Wildman–Crippen MR) is 90.8 cm³/mol. The summed E-state index contributed by atoms with van der Waals surface area (Å²) >= 11 is 1.90. The fourth-order valence-corrected chi connectivity index (χ4v) is 3.55. The third-order valence-corrected chi connectivity index (χ3v) is 4.95. The smallest absolute Gasteiger partial charge is 0.239 e. The molecule has 1 aliphatic carbocycles. The van der Waals surface area contributed by atoms with Crippen molar-refractivity contribution in [2.75, 3.05) is 12.3 Å². The van der Waals surface area contributed by atoms with Gasteiger partial charge in [-0.15, -0.1) is 12.4 Å². The summed E-state index contributed by atoms with van der Waals surface area (Å²) in [4.78, 5) is 23.5. The van der Waals surface area contributed by atoms with Crippen molar-refractivity contribution in [3.05, 3.63) is 0 Å². The van der Waals surface area contributed by atoms with E-state index in [2.05, 4.69) is 17.6 Å². The number of carbonyl (C=O) groups excluding carboxylic acids is 2. The Morgan fingerprint density at radius 2 is 2.00 bits per heavy atom. The Morgan fingerprint density at radius 3 is 2.57 bits per heavy atom. The number of hydrogen-bond donors (Lipinski definition) is 3. The molecule has 1 rings (SSSR count). The standard InChI is InChI=1S/C14H27N3O2S.ClH/c1-4-20-11-7-5-6-10(11)17-12(18)8-16-14(19)13(15)9(2)3;/h9-11,13H,4-8,15H2,1-3H3,(H,16,19)(H,17,18);1H/t10?,11?,13-;/m0./s1. The van der Waals surface area contributed by atoms with Crippen molar-refractivity contribution < 1.29 is 9.59 Å². The zero-order valence-electron chi connectivity index (χ0n) is 13.1. The van der Waals surface area contributed by atoms with Crippen molar-refractivity contribution in [2.45, 2.75) is 57.4 Å². The molecule has 124 valence electrons. The van der Waals surface area contributed by atoms with E-state index in [1.54, 1.807) is 0 Å². The van der Waals surface area contributed by atoms with Crippen LogP contribution in [0.1, 0.15) is 40.0 Å². The number of nitrogens with two attached hydrogens (primary N) is 1. The number of amides is 2. The largest absolute Gasteiger partial charge is 0.351 e. The Balaban J connectivity index is 0.00000400. The Morgan fingerprint density at radius 1 is 1.33 bits per heavy atom. The second-order valence-corrected chi connectivity index (χ2v) is 7.10. The lowest BCUT2D eigenvalue weighted by atomic mass is 10.1. The Labute approximate surface area is 138 Å². The van der Waals surface area contributed by atoms with Gasteiger partial charge < -0.3 is 16.4 Å². The highest BCUT2D eigenvalue weighted by Crippen LogP contribution is 2.29. The third-order valence-electron chi connectivity index (χ3n) is 3.62. The van der Waals surface area contributed by atoms with Gasteiger partial charge in [-0.05, 0) is 24.5 Å². The minimum atomic E-state index is -0.558. The van der Waals surface area contributed by atoms with Crippen LogP contribution in [0.4, 0.5) is 0 Å². The van der Waals surface area contributed by atoms with Crippen molar-refractivity contribution in [1.29, 1.82) is 0 Å². The molecule has 2 unspecified atom stereocenters. The lowest BCUT2D eigenvalue weighted by molar-refractivity contribution is -0.127. The van der Waals surface area contributed by atoms with Crippen LogP contribution in [0.25, 0.3) is 0 Å². The average Bonchev–Trinajstić information content (AvgIpc) is 2.82. The first-order valence-electron chi connectivity index (χ1n) is 7.40. The molecule has 0 spiro atoms. The summed E-state index contributed by atoms with van der Waals surface area (Å²) in [6.07, 6.45) is 3.35. The Bertz CT molecular complexity index is 342. The van der Waals surface area contributed by atoms with Gasteiger partial charge in [-0.25, -0.2) is 0 Å². The van der Waals surface area contributed by atoms with Crippen LogP contribution in [0, 0.1) is 5.92 Å².